The average Bonchev–Trinajstić information content (AvgIpc) is 2.99. The van der Waals surface area contributed by atoms with Gasteiger partial charge in [-0.3, -0.25) is 4.79 Å². The molecule has 3 aromatic rings. The van der Waals surface area contributed by atoms with Crippen LogP contribution < -0.4 is 5.32 Å². The van der Waals surface area contributed by atoms with Gasteiger partial charge in [0, 0.05) is 11.2 Å². The van der Waals surface area contributed by atoms with E-state index in [1.54, 1.807) is 11.8 Å². The first-order chi connectivity index (χ1) is 11.4. The number of nitrogens with zero attached hydrogens (tertiary/aromatic N) is 2. The van der Waals surface area contributed by atoms with Crippen molar-refractivity contribution in [2.24, 2.45) is 5.41 Å². The van der Waals surface area contributed by atoms with Gasteiger partial charge in [-0.05, 0) is 16.3 Å². The summed E-state index contributed by atoms with van der Waals surface area (Å²) in [6, 6.07) is 14.7. The summed E-state index contributed by atoms with van der Waals surface area (Å²) in [6.45, 7) is 5.62. The summed E-state index contributed by atoms with van der Waals surface area (Å²) in [4.78, 5) is 12.0. The van der Waals surface area contributed by atoms with Crippen molar-refractivity contribution in [3.05, 3.63) is 48.0 Å². The van der Waals surface area contributed by atoms with Crippen molar-refractivity contribution in [3.63, 3.8) is 0 Å². The Morgan fingerprint density at radius 1 is 1.12 bits per heavy atom. The Morgan fingerprint density at radius 2 is 1.88 bits per heavy atom. The summed E-state index contributed by atoms with van der Waals surface area (Å²) in [5, 5.41) is 14.1. The molecule has 24 heavy (non-hydrogen) atoms. The fourth-order valence-electron chi connectivity index (χ4n) is 2.16. The standard InChI is InChI=1S/C18H19N3OS2/c1-18(2,3)15(22)19-16-20-21-17(24-16)23-11-13-9-6-8-12-7-4-5-10-14(12)13/h4-10H,11H2,1-3H3,(H,19,20,22). The summed E-state index contributed by atoms with van der Waals surface area (Å²) in [7, 11) is 0. The van der Waals surface area contributed by atoms with Gasteiger partial charge in [0.05, 0.1) is 0 Å². The van der Waals surface area contributed by atoms with Crippen LogP contribution in [-0.4, -0.2) is 16.1 Å². The number of aromatic nitrogens is 2. The normalized spacial score (nSPS) is 11.6. The highest BCUT2D eigenvalue weighted by Crippen LogP contribution is 2.31. The van der Waals surface area contributed by atoms with Crippen LogP contribution in [0.15, 0.2) is 46.8 Å². The van der Waals surface area contributed by atoms with Crippen LogP contribution in [0, 0.1) is 5.41 Å². The van der Waals surface area contributed by atoms with Crippen LogP contribution in [0.3, 0.4) is 0 Å². The van der Waals surface area contributed by atoms with Gasteiger partial charge in [0.25, 0.3) is 0 Å². The predicted molar refractivity (Wildman–Crippen MR) is 102 cm³/mol. The number of fused-ring (bicyclic) bond motifs is 1. The van der Waals surface area contributed by atoms with E-state index in [0.717, 1.165) is 10.1 Å². The average molecular weight is 358 g/mol. The maximum Gasteiger partial charge on any atom is 0.231 e. The minimum absolute atomic E-state index is 0.0516. The predicted octanol–water partition coefficient (Wildman–Crippen LogP) is 4.97. The molecule has 0 spiro atoms. The molecule has 2 aromatic carbocycles. The molecule has 0 saturated carbocycles. The van der Waals surface area contributed by atoms with Crippen molar-refractivity contribution < 1.29 is 4.79 Å². The molecule has 0 atom stereocenters. The van der Waals surface area contributed by atoms with Gasteiger partial charge in [0.1, 0.15) is 0 Å². The van der Waals surface area contributed by atoms with Crippen molar-refractivity contribution in [2.75, 3.05) is 5.32 Å². The summed E-state index contributed by atoms with van der Waals surface area (Å²) in [5.41, 5.74) is 0.829. The van der Waals surface area contributed by atoms with Gasteiger partial charge in [-0.25, -0.2) is 0 Å². The third-order valence-electron chi connectivity index (χ3n) is 3.54. The van der Waals surface area contributed by atoms with Crippen molar-refractivity contribution in [1.82, 2.24) is 10.2 Å². The molecule has 0 unspecified atom stereocenters. The van der Waals surface area contributed by atoms with Crippen LogP contribution in [0.25, 0.3) is 10.8 Å². The zero-order valence-electron chi connectivity index (χ0n) is 13.9. The van der Waals surface area contributed by atoms with Crippen molar-refractivity contribution in [3.8, 4) is 0 Å². The number of nitrogens with one attached hydrogen (secondary N) is 1. The zero-order chi connectivity index (χ0) is 17.2. The third-order valence-corrected chi connectivity index (χ3v) is 5.56. The SMILES string of the molecule is CC(C)(C)C(=O)Nc1nnc(SCc2cccc3ccccc23)s1. The second-order valence-corrected chi connectivity index (χ2v) is 8.70. The van der Waals surface area contributed by atoms with Crippen LogP contribution in [0.1, 0.15) is 26.3 Å². The van der Waals surface area contributed by atoms with E-state index >= 15 is 0 Å². The van der Waals surface area contributed by atoms with Crippen LogP contribution >= 0.6 is 23.1 Å². The Hall–Kier alpha value is -1.92. The van der Waals surface area contributed by atoms with E-state index in [4.69, 9.17) is 0 Å². The number of carbonyl (C=O) groups is 1. The summed E-state index contributed by atoms with van der Waals surface area (Å²) >= 11 is 3.05. The smallest absolute Gasteiger partial charge is 0.231 e. The second kappa shape index (κ2) is 6.91. The Labute approximate surface area is 149 Å². The van der Waals surface area contributed by atoms with Crippen LogP contribution in [0.4, 0.5) is 5.13 Å². The molecule has 0 bridgehead atoms. The molecule has 124 valence electrons. The Kier molecular flexibility index (Phi) is 4.87. The minimum atomic E-state index is -0.443. The molecule has 0 fully saturated rings. The van der Waals surface area contributed by atoms with E-state index in [9.17, 15) is 4.79 Å². The maximum atomic E-state index is 12.0. The minimum Gasteiger partial charge on any atom is -0.300 e. The van der Waals surface area contributed by atoms with Crippen molar-refractivity contribution >= 4 is 44.9 Å². The molecule has 1 amide bonds. The number of hydrogen-bond acceptors (Lipinski definition) is 5. The number of carbonyl (C=O) groups excluding carboxylic acids is 1. The molecule has 3 rings (SSSR count). The van der Waals surface area contributed by atoms with Gasteiger partial charge in [0.15, 0.2) is 4.34 Å². The third kappa shape index (κ3) is 3.94. The largest absolute Gasteiger partial charge is 0.300 e. The lowest BCUT2D eigenvalue weighted by molar-refractivity contribution is -0.123. The van der Waals surface area contributed by atoms with Crippen LogP contribution in [-0.2, 0) is 10.5 Å². The maximum absolute atomic E-state index is 12.0. The molecule has 6 heteroatoms. The van der Waals surface area contributed by atoms with Gasteiger partial charge in [0.2, 0.25) is 11.0 Å². The zero-order valence-corrected chi connectivity index (χ0v) is 15.5. The van der Waals surface area contributed by atoms with Gasteiger partial charge < -0.3 is 5.32 Å². The quantitative estimate of drug-likeness (QED) is 0.529. The summed E-state index contributed by atoms with van der Waals surface area (Å²) in [6.07, 6.45) is 0. The lowest BCUT2D eigenvalue weighted by Crippen LogP contribution is -2.27. The van der Waals surface area contributed by atoms with E-state index < -0.39 is 5.41 Å². The summed E-state index contributed by atoms with van der Waals surface area (Å²) < 4.78 is 0.854. The number of thioether (sulfide) groups is 1. The Balaban J connectivity index is 1.68. The van der Waals surface area contributed by atoms with Crippen LogP contribution in [0.5, 0.6) is 0 Å². The van der Waals surface area contributed by atoms with Gasteiger partial charge >= 0.3 is 0 Å². The first-order valence-electron chi connectivity index (χ1n) is 7.68. The fraction of sp³-hybridized carbons (Fsp3) is 0.278. The van der Waals surface area contributed by atoms with Gasteiger partial charge in [-0.15, -0.1) is 10.2 Å². The van der Waals surface area contributed by atoms with E-state index in [1.807, 2.05) is 26.8 Å². The van der Waals surface area contributed by atoms with E-state index in [-0.39, 0.29) is 5.91 Å². The number of rotatable bonds is 4. The van der Waals surface area contributed by atoms with Crippen LogP contribution in [0.2, 0.25) is 0 Å². The molecular formula is C18H19N3OS2. The van der Waals surface area contributed by atoms with E-state index in [0.29, 0.717) is 5.13 Å². The molecule has 1 heterocycles. The molecule has 1 N–H and O–H groups in total. The molecular weight excluding hydrogens is 338 g/mol. The monoisotopic (exact) mass is 357 g/mol. The Morgan fingerprint density at radius 3 is 2.67 bits per heavy atom. The van der Waals surface area contributed by atoms with Gasteiger partial charge in [-0.2, -0.15) is 0 Å². The molecule has 0 saturated heterocycles. The first-order valence-corrected chi connectivity index (χ1v) is 9.48. The number of benzene rings is 2. The lowest BCUT2D eigenvalue weighted by atomic mass is 9.96. The molecule has 1 aromatic heterocycles. The first kappa shape index (κ1) is 16.9. The Bertz CT molecular complexity index is 863. The molecule has 0 aliphatic carbocycles. The highest BCUT2D eigenvalue weighted by atomic mass is 32.2. The highest BCUT2D eigenvalue weighted by molar-refractivity contribution is 8.00. The molecule has 0 aliphatic rings. The number of amides is 1. The fourth-order valence-corrected chi connectivity index (χ4v) is 3.91. The molecule has 0 radical (unpaired) electrons. The van der Waals surface area contributed by atoms with Crippen molar-refractivity contribution in [2.45, 2.75) is 30.9 Å². The topological polar surface area (TPSA) is 54.9 Å². The van der Waals surface area contributed by atoms with E-state index in [2.05, 4.69) is 51.9 Å². The molecule has 0 aliphatic heterocycles. The number of hydrogen-bond donors (Lipinski definition) is 1. The van der Waals surface area contributed by atoms with E-state index in [1.165, 1.54) is 27.7 Å². The molecule has 4 nitrogen and oxygen atoms in total. The highest BCUT2D eigenvalue weighted by Gasteiger charge is 2.22. The lowest BCUT2D eigenvalue weighted by Gasteiger charge is -2.15. The van der Waals surface area contributed by atoms with Crippen molar-refractivity contribution in [1.29, 1.82) is 0 Å². The van der Waals surface area contributed by atoms with Gasteiger partial charge in [-0.1, -0.05) is 86.3 Å². The second-order valence-electron chi connectivity index (χ2n) is 6.50. The number of anilines is 1. The summed E-state index contributed by atoms with van der Waals surface area (Å²) in [5.74, 6) is 0.771.